The molecule has 3 heterocycles. The molecule has 0 N–H and O–H groups in total. The molecule has 4 heteroatoms. The van der Waals surface area contributed by atoms with Crippen LogP contribution >= 0.6 is 0 Å². The van der Waals surface area contributed by atoms with E-state index in [4.69, 9.17) is 0 Å². The van der Waals surface area contributed by atoms with Gasteiger partial charge in [-0.1, -0.05) is 42.8 Å². The molecule has 0 bridgehead atoms. The SMILES string of the molecule is C1=Nc2nc(CCCCCN3CCCN(c4cccc5ccccc45)CC3)ccc21. The number of hydrogen-bond acceptors (Lipinski definition) is 4. The van der Waals surface area contributed by atoms with Gasteiger partial charge < -0.3 is 9.80 Å². The Hall–Kier alpha value is -2.72. The minimum Gasteiger partial charge on any atom is -0.370 e. The van der Waals surface area contributed by atoms with Gasteiger partial charge in [0.1, 0.15) is 0 Å². The van der Waals surface area contributed by atoms with Crippen molar-refractivity contribution in [3.63, 3.8) is 0 Å². The first-order valence-corrected chi connectivity index (χ1v) is 11.4. The standard InChI is InChI=1S/C26H30N4/c1(2-10-23-14-13-22-20-27-26(22)28-23)5-15-29-16-7-17-30(19-18-29)25-12-6-9-21-8-3-4-11-24(21)25/h3-4,6,8-9,11-14,20H,1-2,5,7,10,15-19H2. The van der Waals surface area contributed by atoms with E-state index in [-0.39, 0.29) is 0 Å². The van der Waals surface area contributed by atoms with E-state index in [2.05, 4.69) is 74.4 Å². The summed E-state index contributed by atoms with van der Waals surface area (Å²) >= 11 is 0. The molecule has 0 unspecified atom stereocenters. The lowest BCUT2D eigenvalue weighted by molar-refractivity contribution is 0.286. The van der Waals surface area contributed by atoms with Gasteiger partial charge in [0.05, 0.1) is 0 Å². The van der Waals surface area contributed by atoms with Crippen LogP contribution in [0, 0.1) is 0 Å². The predicted molar refractivity (Wildman–Crippen MR) is 126 cm³/mol. The molecule has 0 spiro atoms. The second-order valence-corrected chi connectivity index (χ2v) is 8.46. The second kappa shape index (κ2) is 8.97. The maximum absolute atomic E-state index is 4.60. The highest BCUT2D eigenvalue weighted by molar-refractivity contribution is 5.95. The lowest BCUT2D eigenvalue weighted by Gasteiger charge is -2.25. The van der Waals surface area contributed by atoms with Crippen LogP contribution in [0.1, 0.15) is 36.9 Å². The molecule has 2 aliphatic rings. The summed E-state index contributed by atoms with van der Waals surface area (Å²) < 4.78 is 0. The van der Waals surface area contributed by atoms with Crippen molar-refractivity contribution in [2.75, 3.05) is 37.6 Å². The molecule has 0 aliphatic carbocycles. The Balaban J connectivity index is 1.08. The molecule has 30 heavy (non-hydrogen) atoms. The van der Waals surface area contributed by atoms with Crippen LogP contribution in [-0.4, -0.2) is 48.8 Å². The van der Waals surface area contributed by atoms with Crippen molar-refractivity contribution >= 4 is 28.5 Å². The van der Waals surface area contributed by atoms with Gasteiger partial charge in [-0.3, -0.25) is 0 Å². The lowest BCUT2D eigenvalue weighted by atomic mass is 10.1. The van der Waals surface area contributed by atoms with Crippen LogP contribution < -0.4 is 4.90 Å². The summed E-state index contributed by atoms with van der Waals surface area (Å²) in [4.78, 5) is 14.1. The first-order valence-electron chi connectivity index (χ1n) is 11.4. The Morgan fingerprint density at radius 3 is 2.63 bits per heavy atom. The molecule has 1 aromatic heterocycles. The number of aliphatic imine (C=N–C) groups is 1. The van der Waals surface area contributed by atoms with E-state index < -0.39 is 0 Å². The van der Waals surface area contributed by atoms with Crippen LogP contribution in [0.2, 0.25) is 0 Å². The molecule has 2 aromatic carbocycles. The van der Waals surface area contributed by atoms with Crippen LogP contribution in [-0.2, 0) is 6.42 Å². The van der Waals surface area contributed by atoms with Gasteiger partial charge in [0.25, 0.3) is 0 Å². The van der Waals surface area contributed by atoms with Gasteiger partial charge in [0.2, 0.25) is 0 Å². The third-order valence-electron chi connectivity index (χ3n) is 6.39. The molecule has 1 saturated heterocycles. The highest BCUT2D eigenvalue weighted by Gasteiger charge is 2.16. The van der Waals surface area contributed by atoms with E-state index in [1.165, 1.54) is 66.5 Å². The minimum atomic E-state index is 0.924. The first kappa shape index (κ1) is 19.3. The zero-order valence-electron chi connectivity index (χ0n) is 17.6. The topological polar surface area (TPSA) is 31.7 Å². The highest BCUT2D eigenvalue weighted by Crippen LogP contribution is 2.27. The summed E-state index contributed by atoms with van der Waals surface area (Å²) in [5.41, 5.74) is 3.76. The molecule has 4 nitrogen and oxygen atoms in total. The number of hydrogen-bond donors (Lipinski definition) is 0. The maximum Gasteiger partial charge on any atom is 0.160 e. The molecule has 5 rings (SSSR count). The number of rotatable bonds is 7. The highest BCUT2D eigenvalue weighted by atomic mass is 15.2. The zero-order chi connectivity index (χ0) is 20.2. The molecular formula is C26H30N4. The summed E-state index contributed by atoms with van der Waals surface area (Å²) in [7, 11) is 0. The van der Waals surface area contributed by atoms with Crippen LogP contribution in [0.15, 0.2) is 59.6 Å². The van der Waals surface area contributed by atoms with Crippen molar-refractivity contribution in [1.82, 2.24) is 9.88 Å². The number of aromatic nitrogens is 1. The summed E-state index contributed by atoms with van der Waals surface area (Å²) in [5.74, 6) is 0.924. The molecule has 0 amide bonds. The number of pyridine rings is 1. The van der Waals surface area contributed by atoms with Gasteiger partial charge in [-0.15, -0.1) is 0 Å². The van der Waals surface area contributed by atoms with E-state index in [1.807, 2.05) is 6.21 Å². The largest absolute Gasteiger partial charge is 0.370 e. The van der Waals surface area contributed by atoms with Crippen molar-refractivity contribution in [2.45, 2.75) is 32.1 Å². The number of unbranched alkanes of at least 4 members (excludes halogenated alkanes) is 2. The fourth-order valence-corrected chi connectivity index (χ4v) is 4.64. The van der Waals surface area contributed by atoms with E-state index in [9.17, 15) is 0 Å². The van der Waals surface area contributed by atoms with Crippen molar-refractivity contribution < 1.29 is 0 Å². The monoisotopic (exact) mass is 398 g/mol. The predicted octanol–water partition coefficient (Wildman–Crippen LogP) is 5.22. The number of fused-ring (bicyclic) bond motifs is 2. The van der Waals surface area contributed by atoms with Crippen molar-refractivity contribution in [2.24, 2.45) is 4.99 Å². The van der Waals surface area contributed by atoms with Crippen LogP contribution in [0.4, 0.5) is 11.5 Å². The molecule has 0 radical (unpaired) electrons. The van der Waals surface area contributed by atoms with E-state index in [1.54, 1.807) is 0 Å². The van der Waals surface area contributed by atoms with Gasteiger partial charge >= 0.3 is 0 Å². The molecule has 0 atom stereocenters. The van der Waals surface area contributed by atoms with Crippen LogP contribution in [0.3, 0.4) is 0 Å². The molecule has 3 aromatic rings. The maximum atomic E-state index is 4.60. The normalized spacial score (nSPS) is 16.3. The van der Waals surface area contributed by atoms with Crippen LogP contribution in [0.5, 0.6) is 0 Å². The fraction of sp³-hybridized carbons (Fsp3) is 0.385. The Labute approximate surface area is 179 Å². The number of benzene rings is 2. The van der Waals surface area contributed by atoms with E-state index >= 15 is 0 Å². The molecule has 2 aliphatic heterocycles. The zero-order valence-corrected chi connectivity index (χ0v) is 17.6. The van der Waals surface area contributed by atoms with Crippen LogP contribution in [0.25, 0.3) is 10.8 Å². The van der Waals surface area contributed by atoms with Gasteiger partial charge in [-0.05, 0) is 62.4 Å². The van der Waals surface area contributed by atoms with Gasteiger partial charge in [0.15, 0.2) is 5.82 Å². The fourth-order valence-electron chi connectivity index (χ4n) is 4.64. The Kier molecular flexibility index (Phi) is 5.76. The van der Waals surface area contributed by atoms with Crippen molar-refractivity contribution in [1.29, 1.82) is 0 Å². The first-order chi connectivity index (χ1) is 14.9. The Morgan fingerprint density at radius 1 is 0.800 bits per heavy atom. The summed E-state index contributed by atoms with van der Waals surface area (Å²) in [6.45, 7) is 5.86. The van der Waals surface area contributed by atoms with Gasteiger partial charge in [-0.2, -0.15) is 0 Å². The average Bonchev–Trinajstić information content (AvgIpc) is 3.00. The van der Waals surface area contributed by atoms with E-state index in [0.717, 1.165) is 31.9 Å². The Morgan fingerprint density at radius 2 is 1.73 bits per heavy atom. The quantitative estimate of drug-likeness (QED) is 0.400. The molecule has 0 saturated carbocycles. The Bertz CT molecular complexity index is 1040. The third kappa shape index (κ3) is 4.24. The number of anilines is 1. The smallest absolute Gasteiger partial charge is 0.160 e. The van der Waals surface area contributed by atoms with Gasteiger partial charge in [0, 0.05) is 48.2 Å². The lowest BCUT2D eigenvalue weighted by Crippen LogP contribution is -2.31. The molecular weight excluding hydrogens is 368 g/mol. The van der Waals surface area contributed by atoms with E-state index in [0.29, 0.717) is 0 Å². The second-order valence-electron chi connectivity index (χ2n) is 8.46. The summed E-state index contributed by atoms with van der Waals surface area (Å²) in [5, 5.41) is 2.72. The summed E-state index contributed by atoms with van der Waals surface area (Å²) in [6, 6.07) is 19.7. The minimum absolute atomic E-state index is 0.924. The van der Waals surface area contributed by atoms with Crippen molar-refractivity contribution in [3.05, 3.63) is 65.9 Å². The number of aryl methyl sites for hydroxylation is 1. The van der Waals surface area contributed by atoms with Gasteiger partial charge in [-0.25, -0.2) is 9.98 Å². The summed E-state index contributed by atoms with van der Waals surface area (Å²) in [6.07, 6.45) is 7.95. The number of nitrogens with zero attached hydrogens (tertiary/aromatic N) is 4. The molecule has 1 fully saturated rings. The third-order valence-corrected chi connectivity index (χ3v) is 6.39. The van der Waals surface area contributed by atoms with Crippen molar-refractivity contribution in [3.8, 4) is 0 Å². The molecule has 154 valence electrons. The average molecular weight is 399 g/mol.